The molecule has 5 aromatic rings. The second kappa shape index (κ2) is 12.2. The van der Waals surface area contributed by atoms with Gasteiger partial charge < -0.3 is 34.2 Å². The fraction of sp³-hybridized carbons (Fsp3) is 0.167. The van der Waals surface area contributed by atoms with Crippen LogP contribution in [-0.4, -0.2) is 46.9 Å². The lowest BCUT2D eigenvalue weighted by Crippen LogP contribution is -2.17. The van der Waals surface area contributed by atoms with Crippen molar-refractivity contribution in [2.24, 2.45) is 0 Å². The Morgan fingerprint density at radius 2 is 1.90 bits per heavy atom. The van der Waals surface area contributed by atoms with Gasteiger partial charge in [0, 0.05) is 17.5 Å². The molecule has 0 atom stereocenters. The van der Waals surface area contributed by atoms with Gasteiger partial charge in [0.15, 0.2) is 5.69 Å². The summed E-state index contributed by atoms with van der Waals surface area (Å²) in [6.07, 6.45) is 3.22. The SMILES string of the molecule is COC(=O)c1c(NC(=O)c2ccccc2)c2cc(NCc3cccc(OCCO)c3)cnc2n1Cc1ccco1. The largest absolute Gasteiger partial charge is 0.491 e. The first-order valence-electron chi connectivity index (χ1n) is 12.6. The number of nitrogens with one attached hydrogen (secondary N) is 2. The number of aromatic nitrogens is 2. The number of carbonyl (C=O) groups excluding carboxylic acids is 2. The molecule has 5 rings (SSSR count). The number of benzene rings is 2. The minimum absolute atomic E-state index is 0.0650. The lowest BCUT2D eigenvalue weighted by Gasteiger charge is -2.10. The number of pyridine rings is 1. The summed E-state index contributed by atoms with van der Waals surface area (Å²) in [5, 5.41) is 15.8. The Balaban J connectivity index is 1.53. The number of amides is 1. The predicted molar refractivity (Wildman–Crippen MR) is 150 cm³/mol. The second-order valence-corrected chi connectivity index (χ2v) is 8.87. The summed E-state index contributed by atoms with van der Waals surface area (Å²) in [6.45, 7) is 0.818. The molecule has 0 bridgehead atoms. The van der Waals surface area contributed by atoms with Gasteiger partial charge >= 0.3 is 5.97 Å². The molecule has 0 radical (unpaired) electrons. The Bertz CT molecular complexity index is 1610. The maximum atomic E-state index is 13.2. The Labute approximate surface area is 230 Å². The minimum atomic E-state index is -0.623. The zero-order chi connectivity index (χ0) is 27.9. The smallest absolute Gasteiger partial charge is 0.356 e. The summed E-state index contributed by atoms with van der Waals surface area (Å²) in [5.41, 5.74) is 2.99. The van der Waals surface area contributed by atoms with Crippen LogP contribution in [0.3, 0.4) is 0 Å². The predicted octanol–water partition coefficient (Wildman–Crippen LogP) is 4.70. The van der Waals surface area contributed by atoms with Crippen LogP contribution < -0.4 is 15.4 Å². The van der Waals surface area contributed by atoms with Crippen LogP contribution in [-0.2, 0) is 17.8 Å². The average molecular weight is 541 g/mol. The summed E-state index contributed by atoms with van der Waals surface area (Å²) in [4.78, 5) is 30.9. The molecule has 0 aliphatic heterocycles. The molecule has 0 aliphatic carbocycles. The summed E-state index contributed by atoms with van der Waals surface area (Å²) < 4.78 is 17.8. The van der Waals surface area contributed by atoms with Gasteiger partial charge in [0.2, 0.25) is 0 Å². The van der Waals surface area contributed by atoms with E-state index in [0.29, 0.717) is 40.3 Å². The Hall–Kier alpha value is -5.09. The fourth-order valence-electron chi connectivity index (χ4n) is 4.36. The van der Waals surface area contributed by atoms with Crippen LogP contribution in [0.4, 0.5) is 11.4 Å². The number of aliphatic hydroxyl groups excluding tert-OH is 1. The maximum Gasteiger partial charge on any atom is 0.356 e. The Morgan fingerprint density at radius 1 is 1.05 bits per heavy atom. The van der Waals surface area contributed by atoms with Crippen LogP contribution >= 0.6 is 0 Å². The van der Waals surface area contributed by atoms with E-state index in [1.165, 1.54) is 7.11 Å². The monoisotopic (exact) mass is 540 g/mol. The first-order valence-corrected chi connectivity index (χ1v) is 12.6. The number of ether oxygens (including phenoxy) is 2. The molecule has 0 spiro atoms. The number of aliphatic hydroxyl groups is 1. The van der Waals surface area contributed by atoms with E-state index in [1.54, 1.807) is 53.4 Å². The van der Waals surface area contributed by atoms with E-state index in [0.717, 1.165) is 5.56 Å². The molecule has 40 heavy (non-hydrogen) atoms. The number of methoxy groups -OCH3 is 1. The second-order valence-electron chi connectivity index (χ2n) is 8.87. The summed E-state index contributed by atoms with van der Waals surface area (Å²) in [5.74, 6) is 0.267. The normalized spacial score (nSPS) is 10.8. The number of carbonyl (C=O) groups is 2. The molecule has 2 aromatic carbocycles. The topological polar surface area (TPSA) is 128 Å². The van der Waals surface area contributed by atoms with Crippen molar-refractivity contribution in [2.45, 2.75) is 13.1 Å². The molecule has 10 nitrogen and oxygen atoms in total. The van der Waals surface area contributed by atoms with E-state index >= 15 is 0 Å². The summed E-state index contributed by atoms with van der Waals surface area (Å²) in [7, 11) is 1.29. The van der Waals surface area contributed by atoms with E-state index < -0.39 is 5.97 Å². The molecule has 0 fully saturated rings. The van der Waals surface area contributed by atoms with Crippen molar-refractivity contribution in [3.8, 4) is 5.75 Å². The van der Waals surface area contributed by atoms with Gasteiger partial charge in [-0.2, -0.15) is 0 Å². The van der Waals surface area contributed by atoms with Crippen LogP contribution in [0.2, 0.25) is 0 Å². The standard InChI is InChI=1S/C30H28N4O6/c1-38-30(37)27-26(33-29(36)21-8-3-2-4-9-21)25-16-22(18-32-28(25)34(27)19-24-11-6-13-39-24)31-17-20-7-5-10-23(15-20)40-14-12-35/h2-11,13,15-16,18,31,35H,12,14,17,19H2,1H3,(H,33,36). The highest BCUT2D eigenvalue weighted by Crippen LogP contribution is 2.34. The molecule has 204 valence electrons. The number of anilines is 2. The Morgan fingerprint density at radius 3 is 2.65 bits per heavy atom. The number of hydrogen-bond donors (Lipinski definition) is 3. The van der Waals surface area contributed by atoms with Gasteiger partial charge in [-0.05, 0) is 48.0 Å². The highest BCUT2D eigenvalue weighted by Gasteiger charge is 2.27. The minimum Gasteiger partial charge on any atom is -0.491 e. The molecular formula is C30H28N4O6. The fourth-order valence-corrected chi connectivity index (χ4v) is 4.36. The Kier molecular flexibility index (Phi) is 8.07. The van der Waals surface area contributed by atoms with Crippen LogP contribution in [0.15, 0.2) is 89.7 Å². The average Bonchev–Trinajstić information content (AvgIpc) is 3.61. The maximum absolute atomic E-state index is 13.2. The highest BCUT2D eigenvalue weighted by molar-refractivity contribution is 6.14. The van der Waals surface area contributed by atoms with Crippen molar-refractivity contribution < 1.29 is 28.6 Å². The molecule has 0 aliphatic rings. The van der Waals surface area contributed by atoms with E-state index in [1.807, 2.05) is 36.4 Å². The number of esters is 1. The lowest BCUT2D eigenvalue weighted by molar-refractivity contribution is 0.0590. The van der Waals surface area contributed by atoms with Crippen molar-refractivity contribution in [1.82, 2.24) is 9.55 Å². The van der Waals surface area contributed by atoms with Crippen molar-refractivity contribution >= 4 is 34.3 Å². The molecule has 0 saturated carbocycles. The van der Waals surface area contributed by atoms with Gasteiger partial charge in [-0.25, -0.2) is 9.78 Å². The van der Waals surface area contributed by atoms with Gasteiger partial charge in [0.25, 0.3) is 5.91 Å². The van der Waals surface area contributed by atoms with E-state index in [2.05, 4.69) is 15.6 Å². The molecule has 10 heteroatoms. The number of fused-ring (bicyclic) bond motifs is 1. The summed E-state index contributed by atoms with van der Waals surface area (Å²) >= 11 is 0. The van der Waals surface area contributed by atoms with Gasteiger partial charge in [-0.1, -0.05) is 30.3 Å². The third kappa shape index (κ3) is 5.82. The molecule has 3 N–H and O–H groups in total. The van der Waals surface area contributed by atoms with Gasteiger partial charge in [-0.15, -0.1) is 0 Å². The van der Waals surface area contributed by atoms with E-state index in [4.69, 9.17) is 19.0 Å². The van der Waals surface area contributed by atoms with Crippen LogP contribution in [0.1, 0.15) is 32.2 Å². The zero-order valence-corrected chi connectivity index (χ0v) is 21.8. The molecule has 0 unspecified atom stereocenters. The van der Waals surface area contributed by atoms with Crippen molar-refractivity contribution in [1.29, 1.82) is 0 Å². The van der Waals surface area contributed by atoms with Crippen LogP contribution in [0, 0.1) is 0 Å². The number of nitrogens with zero attached hydrogens (tertiary/aromatic N) is 2. The van der Waals surface area contributed by atoms with Crippen molar-refractivity contribution in [3.05, 3.63) is 108 Å². The molecule has 1 amide bonds. The van der Waals surface area contributed by atoms with Crippen molar-refractivity contribution in [2.75, 3.05) is 31.0 Å². The van der Waals surface area contributed by atoms with Crippen LogP contribution in [0.5, 0.6) is 5.75 Å². The van der Waals surface area contributed by atoms with Gasteiger partial charge in [0.1, 0.15) is 23.8 Å². The lowest BCUT2D eigenvalue weighted by atomic mass is 10.2. The van der Waals surface area contributed by atoms with Gasteiger partial charge in [-0.3, -0.25) is 4.79 Å². The zero-order valence-electron chi connectivity index (χ0n) is 21.8. The number of furan rings is 1. The first kappa shape index (κ1) is 26.5. The molecule has 3 aromatic heterocycles. The molecule has 3 heterocycles. The third-order valence-corrected chi connectivity index (χ3v) is 6.20. The number of rotatable bonds is 11. The first-order chi connectivity index (χ1) is 19.6. The van der Waals surface area contributed by atoms with E-state index in [9.17, 15) is 9.59 Å². The highest BCUT2D eigenvalue weighted by atomic mass is 16.5. The quantitative estimate of drug-likeness (QED) is 0.206. The number of hydrogen-bond acceptors (Lipinski definition) is 8. The third-order valence-electron chi connectivity index (χ3n) is 6.20. The van der Waals surface area contributed by atoms with Crippen molar-refractivity contribution in [3.63, 3.8) is 0 Å². The van der Waals surface area contributed by atoms with Gasteiger partial charge in [0.05, 0.1) is 44.1 Å². The molecule has 0 saturated heterocycles. The van der Waals surface area contributed by atoms with Crippen LogP contribution in [0.25, 0.3) is 11.0 Å². The molecular weight excluding hydrogens is 512 g/mol. The summed E-state index contributed by atoms with van der Waals surface area (Å²) in [6, 6.07) is 21.7. The van der Waals surface area contributed by atoms with E-state index in [-0.39, 0.29) is 37.0 Å².